The number of thioether (sulfide) groups is 1. The number of benzene rings is 1. The summed E-state index contributed by atoms with van der Waals surface area (Å²) in [4.78, 5) is 26.0. The molecule has 0 aliphatic carbocycles. The van der Waals surface area contributed by atoms with Crippen molar-refractivity contribution in [2.24, 2.45) is 0 Å². The van der Waals surface area contributed by atoms with Crippen molar-refractivity contribution in [1.29, 1.82) is 0 Å². The zero-order valence-electron chi connectivity index (χ0n) is 18.0. The quantitative estimate of drug-likeness (QED) is 0.524. The molecule has 1 aliphatic heterocycles. The number of alkyl halides is 3. The summed E-state index contributed by atoms with van der Waals surface area (Å²) < 4.78 is 45.6. The van der Waals surface area contributed by atoms with Crippen molar-refractivity contribution in [3.05, 3.63) is 29.8 Å². The molecule has 2 heterocycles. The second-order valence-electron chi connectivity index (χ2n) is 7.21. The van der Waals surface area contributed by atoms with E-state index in [-0.39, 0.29) is 23.4 Å². The largest absolute Gasteiger partial charge is 0.406 e. The predicted molar refractivity (Wildman–Crippen MR) is 117 cm³/mol. The molecular formula is C20H25F3N6O3S. The third-order valence-corrected chi connectivity index (χ3v) is 5.75. The minimum absolute atomic E-state index is 0.0229. The monoisotopic (exact) mass is 486 g/mol. The maximum atomic E-state index is 13.1. The number of hydrogen-bond donors (Lipinski definition) is 2. The van der Waals surface area contributed by atoms with Crippen LogP contribution in [0.1, 0.15) is 12.5 Å². The Morgan fingerprint density at radius 2 is 1.88 bits per heavy atom. The third-order valence-electron chi connectivity index (χ3n) is 4.78. The number of rotatable bonds is 9. The van der Waals surface area contributed by atoms with Crippen LogP contribution < -0.4 is 15.5 Å². The molecular weight excluding hydrogens is 461 g/mol. The summed E-state index contributed by atoms with van der Waals surface area (Å²) in [7, 11) is 0. The zero-order chi connectivity index (χ0) is 23.8. The fourth-order valence-corrected chi connectivity index (χ4v) is 3.97. The summed E-state index contributed by atoms with van der Waals surface area (Å²) in [6.07, 6.45) is -3.74. The van der Waals surface area contributed by atoms with Crippen LogP contribution in [0, 0.1) is 0 Å². The average Bonchev–Trinajstić information content (AvgIpc) is 3.18. The molecule has 180 valence electrons. The number of hydrogen-bond acceptors (Lipinski definition) is 7. The van der Waals surface area contributed by atoms with E-state index in [1.165, 1.54) is 0 Å². The van der Waals surface area contributed by atoms with E-state index in [9.17, 15) is 22.8 Å². The highest BCUT2D eigenvalue weighted by Gasteiger charge is 2.33. The molecule has 33 heavy (non-hydrogen) atoms. The van der Waals surface area contributed by atoms with Crippen molar-refractivity contribution < 1.29 is 27.5 Å². The summed E-state index contributed by atoms with van der Waals surface area (Å²) in [6.45, 7) is 2.01. The van der Waals surface area contributed by atoms with E-state index < -0.39 is 24.5 Å². The van der Waals surface area contributed by atoms with Gasteiger partial charge in [0, 0.05) is 18.8 Å². The Labute approximate surface area is 193 Å². The van der Waals surface area contributed by atoms with Crippen LogP contribution in [0.5, 0.6) is 0 Å². The van der Waals surface area contributed by atoms with Crippen LogP contribution in [-0.2, 0) is 27.3 Å². The van der Waals surface area contributed by atoms with Crippen molar-refractivity contribution in [2.75, 3.05) is 48.8 Å². The van der Waals surface area contributed by atoms with Crippen molar-refractivity contribution in [1.82, 2.24) is 20.1 Å². The molecule has 0 unspecified atom stereocenters. The van der Waals surface area contributed by atoms with E-state index in [0.29, 0.717) is 32.0 Å². The molecule has 2 amide bonds. The second kappa shape index (κ2) is 11.4. The van der Waals surface area contributed by atoms with Crippen molar-refractivity contribution in [3.63, 3.8) is 0 Å². The van der Waals surface area contributed by atoms with Gasteiger partial charge in [-0.3, -0.25) is 14.2 Å². The Balaban J connectivity index is 1.55. The first kappa shape index (κ1) is 24.8. The normalized spacial score (nSPS) is 14.2. The van der Waals surface area contributed by atoms with Gasteiger partial charge in [0.25, 0.3) is 0 Å². The van der Waals surface area contributed by atoms with Gasteiger partial charge in [-0.1, -0.05) is 36.9 Å². The number of ether oxygens (including phenoxy) is 1. The van der Waals surface area contributed by atoms with E-state index in [1.807, 2.05) is 19.1 Å². The Kier molecular flexibility index (Phi) is 8.55. The van der Waals surface area contributed by atoms with Gasteiger partial charge in [-0.2, -0.15) is 13.2 Å². The second-order valence-corrected chi connectivity index (χ2v) is 8.15. The molecule has 1 fully saturated rings. The summed E-state index contributed by atoms with van der Waals surface area (Å²) >= 11 is 0.830. The first-order valence-electron chi connectivity index (χ1n) is 10.4. The Morgan fingerprint density at radius 3 is 2.58 bits per heavy atom. The smallest absolute Gasteiger partial charge is 0.378 e. The number of aromatic nitrogens is 3. The molecule has 1 saturated heterocycles. The molecule has 1 aliphatic rings. The molecule has 0 spiro atoms. The number of morpholine rings is 1. The maximum absolute atomic E-state index is 13.1. The lowest BCUT2D eigenvalue weighted by Crippen LogP contribution is -2.38. The molecule has 9 nitrogen and oxygen atoms in total. The average molecular weight is 487 g/mol. The molecule has 1 aromatic heterocycles. The molecule has 13 heteroatoms. The van der Waals surface area contributed by atoms with Gasteiger partial charge in [0.15, 0.2) is 5.16 Å². The molecule has 0 saturated carbocycles. The highest BCUT2D eigenvalue weighted by Crippen LogP contribution is 2.27. The molecule has 0 radical (unpaired) electrons. The molecule has 2 aromatic rings. The number of amides is 2. The summed E-state index contributed by atoms with van der Waals surface area (Å²) in [5, 5.41) is 12.9. The van der Waals surface area contributed by atoms with Gasteiger partial charge in [-0.05, 0) is 18.1 Å². The van der Waals surface area contributed by atoms with Crippen molar-refractivity contribution in [3.8, 4) is 0 Å². The van der Waals surface area contributed by atoms with Crippen LogP contribution in [0.15, 0.2) is 29.4 Å². The Morgan fingerprint density at radius 1 is 1.15 bits per heavy atom. The van der Waals surface area contributed by atoms with E-state index >= 15 is 0 Å². The minimum Gasteiger partial charge on any atom is -0.378 e. The van der Waals surface area contributed by atoms with Crippen LogP contribution in [0.2, 0.25) is 0 Å². The Bertz CT molecular complexity index is 963. The number of halogens is 3. The molecule has 1 aromatic carbocycles. The van der Waals surface area contributed by atoms with Crippen LogP contribution in [-0.4, -0.2) is 71.4 Å². The van der Waals surface area contributed by atoms with Crippen molar-refractivity contribution >= 4 is 35.2 Å². The number of aryl methyl sites for hydroxylation is 1. The van der Waals surface area contributed by atoms with Crippen LogP contribution in [0.25, 0.3) is 0 Å². The number of nitrogens with zero attached hydrogens (tertiary/aromatic N) is 4. The number of para-hydroxylation sites is 1. The van der Waals surface area contributed by atoms with E-state index in [2.05, 4.69) is 20.8 Å². The van der Waals surface area contributed by atoms with Gasteiger partial charge in [0.05, 0.1) is 25.5 Å². The molecule has 0 bridgehead atoms. The highest BCUT2D eigenvalue weighted by molar-refractivity contribution is 7.99. The van der Waals surface area contributed by atoms with Crippen LogP contribution >= 0.6 is 11.8 Å². The number of nitrogens with one attached hydrogen (secondary N) is 2. The van der Waals surface area contributed by atoms with Gasteiger partial charge in [-0.15, -0.1) is 10.2 Å². The van der Waals surface area contributed by atoms with Crippen LogP contribution in [0.4, 0.5) is 24.8 Å². The zero-order valence-corrected chi connectivity index (χ0v) is 18.8. The van der Waals surface area contributed by atoms with E-state index in [0.717, 1.165) is 28.3 Å². The van der Waals surface area contributed by atoms with E-state index in [4.69, 9.17) is 4.74 Å². The molecule has 2 N–H and O–H groups in total. The Hall–Kier alpha value is -2.80. The standard InChI is InChI=1S/C20H25F3N6O3S/c1-2-14-5-3-4-6-15(14)25-16(30)11-24-17(31)12-33-19-27-26-18(28-7-9-32-10-8-28)29(19)13-20(21,22)23/h3-6H,2,7-13H2,1H3,(H,24,31)(H,25,30). The summed E-state index contributed by atoms with van der Waals surface area (Å²) in [5.74, 6) is -1.03. The van der Waals surface area contributed by atoms with Gasteiger partial charge in [0.1, 0.15) is 6.54 Å². The van der Waals surface area contributed by atoms with Crippen molar-refractivity contribution in [2.45, 2.75) is 31.2 Å². The van der Waals surface area contributed by atoms with Gasteiger partial charge < -0.3 is 20.3 Å². The first-order chi connectivity index (χ1) is 15.8. The SMILES string of the molecule is CCc1ccccc1NC(=O)CNC(=O)CSc1nnc(N2CCOCC2)n1CC(F)(F)F. The summed E-state index contributed by atoms with van der Waals surface area (Å²) in [5.41, 5.74) is 1.64. The van der Waals surface area contributed by atoms with E-state index in [1.54, 1.807) is 17.0 Å². The maximum Gasteiger partial charge on any atom is 0.406 e. The number of carbonyl (C=O) groups is 2. The highest BCUT2D eigenvalue weighted by atomic mass is 32.2. The molecule has 0 atom stereocenters. The summed E-state index contributed by atoms with van der Waals surface area (Å²) in [6, 6.07) is 7.34. The lowest BCUT2D eigenvalue weighted by Gasteiger charge is -2.28. The van der Waals surface area contributed by atoms with Gasteiger partial charge in [0.2, 0.25) is 17.8 Å². The van der Waals surface area contributed by atoms with Crippen LogP contribution in [0.3, 0.4) is 0 Å². The van der Waals surface area contributed by atoms with Gasteiger partial charge >= 0.3 is 6.18 Å². The van der Waals surface area contributed by atoms with Gasteiger partial charge in [-0.25, -0.2) is 0 Å². The molecule has 3 rings (SSSR count). The topological polar surface area (TPSA) is 101 Å². The number of carbonyl (C=O) groups excluding carboxylic acids is 2. The lowest BCUT2D eigenvalue weighted by atomic mass is 10.1. The third kappa shape index (κ3) is 7.35. The predicted octanol–water partition coefficient (Wildman–Crippen LogP) is 2.09. The lowest BCUT2D eigenvalue weighted by molar-refractivity contribution is -0.141. The first-order valence-corrected chi connectivity index (χ1v) is 11.3. The fourth-order valence-electron chi connectivity index (χ4n) is 3.21. The minimum atomic E-state index is -4.48. The number of anilines is 2. The fraction of sp³-hybridized carbons (Fsp3) is 0.500.